The first-order valence-corrected chi connectivity index (χ1v) is 10.2. The molecular formula is C21H22F3N3O4. The van der Waals surface area contributed by atoms with E-state index in [2.05, 4.69) is 0 Å². The Kier molecular flexibility index (Phi) is 4.31. The number of alkyl halides is 2. The monoisotopic (exact) mass is 437 g/mol. The van der Waals surface area contributed by atoms with Gasteiger partial charge in [-0.2, -0.15) is 0 Å². The predicted octanol–water partition coefficient (Wildman–Crippen LogP) is 2.40. The molecule has 0 radical (unpaired) electrons. The molecule has 0 unspecified atom stereocenters. The Morgan fingerprint density at radius 2 is 2.06 bits per heavy atom. The molecule has 0 amide bonds. The SMILES string of the molecule is COc1c(N2C[C@H]3[C@H](F)CC[C@@]3(N)C2)c(F)cc2c(=O)c(C(=O)O)cn([C@@H]3C[C@@H]3F)c12. The number of fused-ring (bicyclic) bond motifs is 2. The highest BCUT2D eigenvalue weighted by Gasteiger charge is 2.53. The van der Waals surface area contributed by atoms with Gasteiger partial charge in [0.1, 0.15) is 23.6 Å². The summed E-state index contributed by atoms with van der Waals surface area (Å²) < 4.78 is 50.5. The first-order chi connectivity index (χ1) is 14.7. The summed E-state index contributed by atoms with van der Waals surface area (Å²) in [7, 11) is 1.30. The first-order valence-electron chi connectivity index (χ1n) is 10.2. The summed E-state index contributed by atoms with van der Waals surface area (Å²) >= 11 is 0. The second kappa shape index (κ2) is 6.62. The van der Waals surface area contributed by atoms with Gasteiger partial charge in [-0.15, -0.1) is 0 Å². The maximum Gasteiger partial charge on any atom is 0.341 e. The predicted molar refractivity (Wildman–Crippen MR) is 107 cm³/mol. The Morgan fingerprint density at radius 3 is 2.65 bits per heavy atom. The lowest BCUT2D eigenvalue weighted by molar-refractivity contribution is 0.0694. The van der Waals surface area contributed by atoms with Crippen LogP contribution in [-0.2, 0) is 0 Å². The van der Waals surface area contributed by atoms with Crippen LogP contribution in [0.3, 0.4) is 0 Å². The van der Waals surface area contributed by atoms with Crippen LogP contribution in [0.2, 0.25) is 0 Å². The van der Waals surface area contributed by atoms with Gasteiger partial charge in [-0.3, -0.25) is 4.79 Å². The van der Waals surface area contributed by atoms with E-state index in [9.17, 15) is 23.5 Å². The third-order valence-corrected chi connectivity index (χ3v) is 6.95. The van der Waals surface area contributed by atoms with Crippen molar-refractivity contribution < 1.29 is 27.8 Å². The van der Waals surface area contributed by atoms with E-state index >= 15 is 4.39 Å². The number of carboxylic acids is 1. The van der Waals surface area contributed by atoms with Gasteiger partial charge in [0.25, 0.3) is 0 Å². The summed E-state index contributed by atoms with van der Waals surface area (Å²) in [5.41, 5.74) is 4.31. The lowest BCUT2D eigenvalue weighted by atomic mass is 9.92. The molecule has 2 saturated carbocycles. The van der Waals surface area contributed by atoms with Crippen LogP contribution in [0.5, 0.6) is 5.75 Å². The van der Waals surface area contributed by atoms with Crippen LogP contribution < -0.4 is 20.8 Å². The van der Waals surface area contributed by atoms with E-state index in [1.54, 1.807) is 4.90 Å². The molecule has 166 valence electrons. The Hall–Kier alpha value is -2.75. The minimum absolute atomic E-state index is 0.0119. The number of carbonyl (C=O) groups is 1. The van der Waals surface area contributed by atoms with Crippen LogP contribution in [0.15, 0.2) is 17.1 Å². The van der Waals surface area contributed by atoms with E-state index in [1.807, 2.05) is 0 Å². The summed E-state index contributed by atoms with van der Waals surface area (Å²) in [6.07, 6.45) is -0.221. The number of pyridine rings is 1. The molecule has 0 bridgehead atoms. The molecule has 31 heavy (non-hydrogen) atoms. The van der Waals surface area contributed by atoms with E-state index < -0.39 is 52.6 Å². The largest absolute Gasteiger partial charge is 0.492 e. The number of hydrogen-bond donors (Lipinski definition) is 2. The lowest BCUT2D eigenvalue weighted by Gasteiger charge is -2.26. The van der Waals surface area contributed by atoms with Crippen molar-refractivity contribution >= 4 is 22.6 Å². The maximum absolute atomic E-state index is 15.3. The average Bonchev–Trinajstić information content (AvgIpc) is 3.24. The number of nitrogens with two attached hydrogens (primary N) is 1. The van der Waals surface area contributed by atoms with Crippen LogP contribution in [0, 0.1) is 11.7 Å². The average molecular weight is 437 g/mol. The van der Waals surface area contributed by atoms with Crippen molar-refractivity contribution in [2.45, 2.75) is 43.2 Å². The fourth-order valence-corrected chi connectivity index (χ4v) is 5.26. The van der Waals surface area contributed by atoms with Crippen molar-refractivity contribution in [2.75, 3.05) is 25.1 Å². The normalized spacial score (nSPS) is 31.8. The molecule has 7 nitrogen and oxygen atoms in total. The highest BCUT2D eigenvalue weighted by molar-refractivity contribution is 5.97. The Morgan fingerprint density at radius 1 is 1.35 bits per heavy atom. The number of rotatable bonds is 4. The van der Waals surface area contributed by atoms with Gasteiger partial charge in [0.05, 0.1) is 24.1 Å². The van der Waals surface area contributed by atoms with Crippen molar-refractivity contribution in [3.05, 3.63) is 33.9 Å². The second-order valence-corrected chi connectivity index (χ2v) is 8.81. The molecule has 0 spiro atoms. The molecule has 2 aromatic rings. The number of benzene rings is 1. The number of halogens is 3. The topological polar surface area (TPSA) is 97.8 Å². The number of hydrogen-bond acceptors (Lipinski definition) is 5. The highest BCUT2D eigenvalue weighted by Crippen LogP contribution is 2.49. The van der Waals surface area contributed by atoms with Crippen LogP contribution in [-0.4, -0.2) is 53.7 Å². The number of methoxy groups -OCH3 is 1. The number of ether oxygens (including phenoxy) is 1. The van der Waals surface area contributed by atoms with Gasteiger partial charge in [-0.1, -0.05) is 0 Å². The Bertz CT molecular complexity index is 1170. The summed E-state index contributed by atoms with van der Waals surface area (Å²) in [6.45, 7) is 0.395. The molecule has 1 aromatic carbocycles. The number of carboxylic acid groups (broad SMARTS) is 1. The summed E-state index contributed by atoms with van der Waals surface area (Å²) in [4.78, 5) is 25.9. The van der Waals surface area contributed by atoms with Crippen molar-refractivity contribution in [1.29, 1.82) is 0 Å². The van der Waals surface area contributed by atoms with E-state index in [0.717, 1.165) is 12.3 Å². The molecule has 1 aliphatic heterocycles. The van der Waals surface area contributed by atoms with Gasteiger partial charge in [0.2, 0.25) is 5.43 Å². The molecule has 5 rings (SSSR count). The van der Waals surface area contributed by atoms with Crippen molar-refractivity contribution in [3.8, 4) is 5.75 Å². The molecular weight excluding hydrogens is 415 g/mol. The molecule has 10 heteroatoms. The number of anilines is 1. The molecule has 2 heterocycles. The zero-order valence-corrected chi connectivity index (χ0v) is 16.8. The van der Waals surface area contributed by atoms with Gasteiger partial charge in [-0.05, 0) is 18.9 Å². The summed E-state index contributed by atoms with van der Waals surface area (Å²) in [5.74, 6) is -2.75. The minimum atomic E-state index is -1.48. The van der Waals surface area contributed by atoms with Crippen molar-refractivity contribution in [2.24, 2.45) is 11.7 Å². The van der Waals surface area contributed by atoms with E-state index in [4.69, 9.17) is 10.5 Å². The quantitative estimate of drug-likeness (QED) is 0.763. The number of aromatic nitrogens is 1. The van der Waals surface area contributed by atoms with Crippen LogP contribution in [0.25, 0.3) is 10.9 Å². The molecule has 3 aliphatic rings. The van der Waals surface area contributed by atoms with Crippen LogP contribution >= 0.6 is 0 Å². The van der Waals surface area contributed by atoms with Crippen molar-refractivity contribution in [1.82, 2.24) is 4.57 Å². The second-order valence-electron chi connectivity index (χ2n) is 8.81. The van der Waals surface area contributed by atoms with E-state index in [-0.39, 0.29) is 41.9 Å². The number of aromatic carboxylic acids is 1. The zero-order chi connectivity index (χ0) is 22.2. The lowest BCUT2D eigenvalue weighted by Crippen LogP contribution is -2.45. The minimum Gasteiger partial charge on any atom is -0.492 e. The Labute approximate surface area is 175 Å². The van der Waals surface area contributed by atoms with Crippen molar-refractivity contribution in [3.63, 3.8) is 0 Å². The van der Waals surface area contributed by atoms with Crippen LogP contribution in [0.1, 0.15) is 35.7 Å². The molecule has 1 saturated heterocycles. The third-order valence-electron chi connectivity index (χ3n) is 6.95. The van der Waals surface area contributed by atoms with E-state index in [0.29, 0.717) is 12.8 Å². The fourth-order valence-electron chi connectivity index (χ4n) is 5.26. The molecule has 3 fully saturated rings. The number of nitrogens with zero attached hydrogens (tertiary/aromatic N) is 2. The van der Waals surface area contributed by atoms with Gasteiger partial charge in [-0.25, -0.2) is 18.0 Å². The molecule has 3 N–H and O–H groups in total. The van der Waals surface area contributed by atoms with Crippen LogP contribution in [0.4, 0.5) is 18.9 Å². The zero-order valence-electron chi connectivity index (χ0n) is 16.8. The molecule has 2 aliphatic carbocycles. The fraction of sp³-hybridized carbons (Fsp3) is 0.524. The first kappa shape index (κ1) is 20.2. The molecule has 1 aromatic heterocycles. The standard InChI is InChI=1S/C21H22F3N3O4/c1-31-19-16-9(18(28)10(20(29)30)6-27(16)15-5-13(15)23)4-14(24)17(19)26-7-11-12(22)2-3-21(11,25)8-26/h4,6,11-13,15H,2-3,5,7-8,25H2,1H3,(H,29,30)/t11-,12+,13-,15+,21+/m0/s1. The van der Waals surface area contributed by atoms with Gasteiger partial charge in [0.15, 0.2) is 11.6 Å². The third kappa shape index (κ3) is 2.84. The summed E-state index contributed by atoms with van der Waals surface area (Å²) in [5, 5.41) is 9.19. The van der Waals surface area contributed by atoms with Gasteiger partial charge < -0.3 is 25.0 Å². The van der Waals surface area contributed by atoms with E-state index in [1.165, 1.54) is 11.7 Å². The smallest absolute Gasteiger partial charge is 0.341 e. The summed E-state index contributed by atoms with van der Waals surface area (Å²) in [6, 6.07) is 0.278. The van der Waals surface area contributed by atoms with Gasteiger partial charge in [0, 0.05) is 37.2 Å². The maximum atomic E-state index is 15.3. The highest BCUT2D eigenvalue weighted by atomic mass is 19.1. The van der Waals surface area contributed by atoms with Gasteiger partial charge >= 0.3 is 5.97 Å². The molecule has 5 atom stereocenters. The Balaban J connectivity index is 1.75.